The molecule has 1 aliphatic heterocycles. The van der Waals surface area contributed by atoms with Crippen molar-refractivity contribution in [2.45, 2.75) is 19.4 Å². The Morgan fingerprint density at radius 2 is 2.18 bits per heavy atom. The topological polar surface area (TPSA) is 85.4 Å². The summed E-state index contributed by atoms with van der Waals surface area (Å²) in [6.07, 6.45) is 1.95. The molecule has 1 aliphatic rings. The van der Waals surface area contributed by atoms with Gasteiger partial charge in [-0.25, -0.2) is 0 Å². The highest BCUT2D eigenvalue weighted by atomic mass is 16.3. The van der Waals surface area contributed by atoms with Crippen molar-refractivity contribution in [3.63, 3.8) is 0 Å². The molecular formula is C16H19N3O3. The lowest BCUT2D eigenvalue weighted by Crippen LogP contribution is -2.49. The van der Waals surface area contributed by atoms with Crippen LogP contribution in [0.4, 0.5) is 5.69 Å². The molecular weight excluding hydrogens is 282 g/mol. The third-order valence-electron chi connectivity index (χ3n) is 4.21. The number of rotatable bonds is 1. The van der Waals surface area contributed by atoms with Gasteiger partial charge in [0, 0.05) is 35.9 Å². The second kappa shape index (κ2) is 5.81. The van der Waals surface area contributed by atoms with Crippen molar-refractivity contribution in [2.24, 2.45) is 5.92 Å². The molecule has 1 aromatic heterocycles. The maximum absolute atomic E-state index is 12.2. The van der Waals surface area contributed by atoms with Gasteiger partial charge in [-0.05, 0) is 36.6 Å². The summed E-state index contributed by atoms with van der Waals surface area (Å²) in [5, 5.41) is 13.4. The third-order valence-corrected chi connectivity index (χ3v) is 4.21. The number of carbonyl (C=O) groups is 2. The molecule has 1 aromatic carbocycles. The standard InChI is InChI=1S/C16H19N3O3/c1-10-5-7-19(9-14(10)20)16(22)15(21)18-12-2-3-13-11(8-12)4-6-17-13/h2-4,6,8,10,14,17,20H,5,7,9H2,1H3,(H,18,21). The van der Waals surface area contributed by atoms with Crippen LogP contribution in [0.1, 0.15) is 13.3 Å². The molecule has 2 atom stereocenters. The van der Waals surface area contributed by atoms with Gasteiger partial charge in [0.05, 0.1) is 6.10 Å². The Hall–Kier alpha value is -2.34. The van der Waals surface area contributed by atoms with E-state index in [1.54, 1.807) is 6.07 Å². The van der Waals surface area contributed by atoms with Crippen molar-refractivity contribution in [1.29, 1.82) is 0 Å². The van der Waals surface area contributed by atoms with Crippen LogP contribution < -0.4 is 5.32 Å². The van der Waals surface area contributed by atoms with Crippen LogP contribution in [0.15, 0.2) is 30.5 Å². The van der Waals surface area contributed by atoms with E-state index < -0.39 is 17.9 Å². The summed E-state index contributed by atoms with van der Waals surface area (Å²) in [5.41, 5.74) is 1.55. The highest BCUT2D eigenvalue weighted by molar-refractivity contribution is 6.39. The lowest BCUT2D eigenvalue weighted by atomic mass is 9.96. The number of fused-ring (bicyclic) bond motifs is 1. The number of β-amino-alcohol motifs (C(OH)–C–C–N with tert-alkyl or cyclic N) is 1. The maximum atomic E-state index is 12.2. The van der Waals surface area contributed by atoms with Crippen molar-refractivity contribution in [3.8, 4) is 0 Å². The number of nitrogens with one attached hydrogen (secondary N) is 2. The fourth-order valence-electron chi connectivity index (χ4n) is 2.69. The number of piperidine rings is 1. The van der Waals surface area contributed by atoms with E-state index in [9.17, 15) is 14.7 Å². The third kappa shape index (κ3) is 2.82. The van der Waals surface area contributed by atoms with E-state index in [0.717, 1.165) is 10.9 Å². The average molecular weight is 301 g/mol. The molecule has 6 heteroatoms. The van der Waals surface area contributed by atoms with Crippen LogP contribution in [0, 0.1) is 5.92 Å². The number of benzene rings is 1. The van der Waals surface area contributed by atoms with E-state index in [0.29, 0.717) is 18.7 Å². The van der Waals surface area contributed by atoms with Gasteiger partial charge < -0.3 is 20.3 Å². The van der Waals surface area contributed by atoms with Gasteiger partial charge in [0.2, 0.25) is 0 Å². The van der Waals surface area contributed by atoms with Crippen molar-refractivity contribution in [2.75, 3.05) is 18.4 Å². The number of amides is 2. The zero-order valence-electron chi connectivity index (χ0n) is 12.4. The molecule has 3 N–H and O–H groups in total. The van der Waals surface area contributed by atoms with Crippen LogP contribution in [-0.2, 0) is 9.59 Å². The quantitative estimate of drug-likeness (QED) is 0.695. The van der Waals surface area contributed by atoms with Crippen molar-refractivity contribution in [1.82, 2.24) is 9.88 Å². The lowest BCUT2D eigenvalue weighted by Gasteiger charge is -2.33. The first-order valence-electron chi connectivity index (χ1n) is 7.40. The number of H-pyrrole nitrogens is 1. The summed E-state index contributed by atoms with van der Waals surface area (Å²) in [6, 6.07) is 7.30. The largest absolute Gasteiger partial charge is 0.391 e. The van der Waals surface area contributed by atoms with Crippen LogP contribution in [-0.4, -0.2) is 46.0 Å². The van der Waals surface area contributed by atoms with E-state index in [1.165, 1.54) is 4.90 Å². The van der Waals surface area contributed by atoms with E-state index >= 15 is 0 Å². The molecule has 2 amide bonds. The van der Waals surface area contributed by atoms with Crippen molar-refractivity contribution >= 4 is 28.4 Å². The number of carbonyl (C=O) groups excluding carboxylic acids is 2. The molecule has 1 saturated heterocycles. The Kier molecular flexibility index (Phi) is 3.85. The first-order chi connectivity index (χ1) is 10.5. The summed E-state index contributed by atoms with van der Waals surface area (Å²) in [4.78, 5) is 28.7. The zero-order valence-corrected chi connectivity index (χ0v) is 12.4. The van der Waals surface area contributed by atoms with E-state index in [-0.39, 0.29) is 12.5 Å². The van der Waals surface area contributed by atoms with Crippen LogP contribution in [0.25, 0.3) is 10.9 Å². The lowest BCUT2D eigenvalue weighted by molar-refractivity contribution is -0.146. The molecule has 0 saturated carbocycles. The van der Waals surface area contributed by atoms with E-state index in [4.69, 9.17) is 0 Å². The summed E-state index contributed by atoms with van der Waals surface area (Å²) >= 11 is 0. The fourth-order valence-corrected chi connectivity index (χ4v) is 2.69. The van der Waals surface area contributed by atoms with E-state index in [2.05, 4.69) is 10.3 Å². The predicted octanol–water partition coefficient (Wildman–Crippen LogP) is 1.34. The van der Waals surface area contributed by atoms with Gasteiger partial charge in [0.1, 0.15) is 0 Å². The van der Waals surface area contributed by atoms with Gasteiger partial charge in [0.25, 0.3) is 0 Å². The molecule has 3 rings (SSSR count). The van der Waals surface area contributed by atoms with Crippen molar-refractivity contribution in [3.05, 3.63) is 30.5 Å². The van der Waals surface area contributed by atoms with Crippen LogP contribution in [0.3, 0.4) is 0 Å². The Morgan fingerprint density at radius 3 is 2.95 bits per heavy atom. The SMILES string of the molecule is CC1CCN(C(=O)C(=O)Nc2ccc3[nH]ccc3c2)CC1O. The molecule has 2 heterocycles. The summed E-state index contributed by atoms with van der Waals surface area (Å²) < 4.78 is 0. The number of nitrogens with zero attached hydrogens (tertiary/aromatic N) is 1. The molecule has 2 aromatic rings. The number of aliphatic hydroxyl groups is 1. The number of hydrogen-bond donors (Lipinski definition) is 3. The van der Waals surface area contributed by atoms with Crippen molar-refractivity contribution < 1.29 is 14.7 Å². The number of likely N-dealkylation sites (tertiary alicyclic amines) is 1. The summed E-state index contributed by atoms with van der Waals surface area (Å²) in [5.74, 6) is -1.11. The number of hydrogen-bond acceptors (Lipinski definition) is 3. The Labute approximate surface area is 128 Å². The second-order valence-electron chi connectivity index (χ2n) is 5.82. The first kappa shape index (κ1) is 14.6. The predicted molar refractivity (Wildman–Crippen MR) is 83.3 cm³/mol. The summed E-state index contributed by atoms with van der Waals surface area (Å²) in [6.45, 7) is 2.66. The number of aromatic nitrogens is 1. The molecule has 6 nitrogen and oxygen atoms in total. The normalized spacial score (nSPS) is 21.8. The second-order valence-corrected chi connectivity index (χ2v) is 5.82. The monoisotopic (exact) mass is 301 g/mol. The van der Waals surface area contributed by atoms with Gasteiger partial charge in [-0.2, -0.15) is 0 Å². The van der Waals surface area contributed by atoms with Gasteiger partial charge in [-0.3, -0.25) is 9.59 Å². The molecule has 116 valence electrons. The smallest absolute Gasteiger partial charge is 0.313 e. The maximum Gasteiger partial charge on any atom is 0.313 e. The number of anilines is 1. The minimum Gasteiger partial charge on any atom is -0.391 e. The van der Waals surface area contributed by atoms with Crippen LogP contribution >= 0.6 is 0 Å². The Bertz CT molecular complexity index is 709. The zero-order chi connectivity index (χ0) is 15.7. The minimum atomic E-state index is -0.670. The minimum absolute atomic E-state index is 0.156. The number of aromatic amines is 1. The fraction of sp³-hybridized carbons (Fsp3) is 0.375. The molecule has 1 fully saturated rings. The van der Waals surface area contributed by atoms with Gasteiger partial charge in [-0.15, -0.1) is 0 Å². The van der Waals surface area contributed by atoms with Crippen LogP contribution in [0.2, 0.25) is 0 Å². The highest BCUT2D eigenvalue weighted by Gasteiger charge is 2.30. The Morgan fingerprint density at radius 1 is 1.36 bits per heavy atom. The average Bonchev–Trinajstić information content (AvgIpc) is 2.97. The summed E-state index contributed by atoms with van der Waals surface area (Å²) in [7, 11) is 0. The molecule has 0 bridgehead atoms. The van der Waals surface area contributed by atoms with Gasteiger partial charge >= 0.3 is 11.8 Å². The number of aliphatic hydroxyl groups excluding tert-OH is 1. The highest BCUT2D eigenvalue weighted by Crippen LogP contribution is 2.19. The first-order valence-corrected chi connectivity index (χ1v) is 7.40. The molecule has 0 aliphatic carbocycles. The molecule has 0 spiro atoms. The van der Waals surface area contributed by atoms with Gasteiger partial charge in [-0.1, -0.05) is 6.92 Å². The van der Waals surface area contributed by atoms with E-state index in [1.807, 2.05) is 31.3 Å². The van der Waals surface area contributed by atoms with Crippen LogP contribution in [0.5, 0.6) is 0 Å². The molecule has 0 radical (unpaired) electrons. The molecule has 22 heavy (non-hydrogen) atoms. The Balaban J connectivity index is 1.67. The van der Waals surface area contributed by atoms with Gasteiger partial charge in [0.15, 0.2) is 0 Å². The molecule has 2 unspecified atom stereocenters.